The zero-order valence-corrected chi connectivity index (χ0v) is 83.1. The maximum absolute atomic E-state index is 13.4. The summed E-state index contributed by atoms with van der Waals surface area (Å²) in [5.41, 5.74) is 23.7. The molecule has 0 unspecified atom stereocenters. The van der Waals surface area contributed by atoms with Crippen LogP contribution in [-0.4, -0.2) is 93.6 Å². The van der Waals surface area contributed by atoms with Gasteiger partial charge in [0.2, 0.25) is 0 Å². The van der Waals surface area contributed by atoms with Crippen molar-refractivity contribution in [2.45, 2.75) is 216 Å². The highest BCUT2D eigenvalue weighted by atomic mass is 19.4. The van der Waals surface area contributed by atoms with Gasteiger partial charge in [-0.05, 0) is 262 Å². The molecule has 0 spiro atoms. The van der Waals surface area contributed by atoms with Crippen LogP contribution in [0.3, 0.4) is 0 Å². The predicted molar refractivity (Wildman–Crippen MR) is 554 cm³/mol. The third kappa shape index (κ3) is 43.3. The molecule has 0 amide bonds. The molecule has 13 aromatic rings. The number of hydrogen-bond donors (Lipinski definition) is 4. The van der Waals surface area contributed by atoms with Crippen LogP contribution in [0.1, 0.15) is 205 Å². The maximum atomic E-state index is 13.4. The van der Waals surface area contributed by atoms with Gasteiger partial charge in [-0.25, -0.2) is 4.79 Å². The number of ether oxygens (including phenoxy) is 1. The van der Waals surface area contributed by atoms with Crippen molar-refractivity contribution in [3.63, 3.8) is 0 Å². The molecular formula is C121H138F6N6O8. The van der Waals surface area contributed by atoms with E-state index in [1.165, 1.54) is 141 Å². The summed E-state index contributed by atoms with van der Waals surface area (Å²) < 4.78 is 85.4. The Morgan fingerprint density at radius 2 is 0.667 bits per heavy atom. The number of carboxylic acid groups (broad SMARTS) is 2. The lowest BCUT2D eigenvalue weighted by Crippen LogP contribution is -2.27. The van der Waals surface area contributed by atoms with E-state index in [0.29, 0.717) is 84.9 Å². The zero-order chi connectivity index (χ0) is 101. The fourth-order valence-corrected chi connectivity index (χ4v) is 16.9. The molecule has 13 aromatic carbocycles. The second-order valence-electron chi connectivity index (χ2n) is 37.7. The largest absolute Gasteiger partial charge is 0.481 e. The van der Waals surface area contributed by atoms with Gasteiger partial charge in [-0.3, -0.25) is 29.2 Å². The van der Waals surface area contributed by atoms with Crippen molar-refractivity contribution >= 4 is 24.6 Å². The van der Waals surface area contributed by atoms with Gasteiger partial charge in [0.25, 0.3) is 6.47 Å². The average Bonchev–Trinajstić information content (AvgIpc) is 0.821. The van der Waals surface area contributed by atoms with E-state index in [4.69, 9.17) is 24.5 Å². The van der Waals surface area contributed by atoms with E-state index in [1.807, 2.05) is 60.7 Å². The van der Waals surface area contributed by atoms with Gasteiger partial charge < -0.3 is 25.6 Å². The number of benzene rings is 13. The standard InChI is InChI=1S/C33H33F3N2O2.C32H39F3N2O2.C28H33NO2.C27H33N.CO2/c1-25-18-28(20-31(19-25)33(34,35)36)23-38(22-27-10-14-32(15-11-27)40-24-39)17-5-16-37-21-26-8-12-30(13-9-26)29-6-3-2-4-7-29;1-23-15-27(18-29(16-23)32(33,34)35)22-37(21-26-8-5-7-25(17-26)19-30(38)39)14-6-13-36-20-24-9-11-28(12-10-24)31(2,3)4;1-22-10-12-24(13-11-22)8-4-3-5-18-29(21-26-9-6-7-23(2)19-26)20-25-14-16-27(17-15-25)28(30)31;1-23-15-17-26(18-16-23)21-28(22-27-14-9-10-24(2)20-27)19-8-4-7-13-25-11-5-3-6-12-25;2-1-3/h2-4,6-15,18-20,24,37H,5,16-17,21-23H2,1H3;5,7-12,15-18,36H,6,13-14,19-22H2,1-4H3,(H,38,39);6-7,9-17,19H,3-5,8,18,20-21H2,1-2H3,(H,30,31);3,5-6,9-12,14-18,20H,4,7-8,13,19,21-22H2,1-2H3;. The number of nitrogens with one attached hydrogen (secondary N) is 2. The average molecular weight is 1920 g/mol. The number of halogens is 6. The first-order chi connectivity index (χ1) is 67.7. The van der Waals surface area contributed by atoms with Crippen LogP contribution in [0, 0.1) is 41.5 Å². The van der Waals surface area contributed by atoms with Crippen molar-refractivity contribution < 1.29 is 65.3 Å². The van der Waals surface area contributed by atoms with Crippen LogP contribution < -0.4 is 15.4 Å². The Balaban J connectivity index is 0.000000210. The minimum atomic E-state index is -4.40. The predicted octanol–water partition coefficient (Wildman–Crippen LogP) is 27.1. The molecule has 4 N–H and O–H groups in total. The van der Waals surface area contributed by atoms with Gasteiger partial charge in [0.05, 0.1) is 23.1 Å². The van der Waals surface area contributed by atoms with Gasteiger partial charge in [-0.1, -0.05) is 334 Å². The molecule has 13 rings (SSSR count). The molecule has 0 aromatic heterocycles. The molecule has 0 aliphatic heterocycles. The van der Waals surface area contributed by atoms with Crippen LogP contribution >= 0.6 is 0 Å². The minimum absolute atomic E-state index is 0.0681. The molecule has 20 heteroatoms. The molecule has 0 aliphatic rings. The number of nitrogens with zero attached hydrogens (tertiary/aromatic N) is 4. The lowest BCUT2D eigenvalue weighted by molar-refractivity contribution is -0.191. The third-order valence-electron chi connectivity index (χ3n) is 24.2. The second kappa shape index (κ2) is 58.9. The highest BCUT2D eigenvalue weighted by molar-refractivity contribution is 5.87. The number of rotatable bonds is 46. The molecule has 0 fully saturated rings. The summed E-state index contributed by atoms with van der Waals surface area (Å²) in [4.78, 5) is 58.4. The Morgan fingerprint density at radius 1 is 0.326 bits per heavy atom. The van der Waals surface area contributed by atoms with Crippen LogP contribution in [0.15, 0.2) is 315 Å². The summed E-state index contributed by atoms with van der Waals surface area (Å²) in [5, 5.41) is 25.2. The molecular weight excluding hydrogens is 1780 g/mol. The van der Waals surface area contributed by atoms with Crippen molar-refractivity contribution in [3.8, 4) is 16.9 Å². The number of carbonyl (C=O) groups excluding carboxylic acids is 3. The summed E-state index contributed by atoms with van der Waals surface area (Å²) in [6, 6.07) is 104. The van der Waals surface area contributed by atoms with Gasteiger partial charge in [-0.2, -0.15) is 35.9 Å². The Morgan fingerprint density at radius 3 is 1.08 bits per heavy atom. The molecule has 0 atom stereocenters. The molecule has 141 heavy (non-hydrogen) atoms. The number of aromatic carboxylic acids is 1. The monoisotopic (exact) mass is 1920 g/mol. The van der Waals surface area contributed by atoms with Crippen LogP contribution in [0.25, 0.3) is 11.1 Å². The smallest absolute Gasteiger partial charge is 0.416 e. The molecule has 0 aliphatic carbocycles. The molecule has 0 bridgehead atoms. The lowest BCUT2D eigenvalue weighted by atomic mass is 9.87. The zero-order valence-electron chi connectivity index (χ0n) is 83.1. The summed E-state index contributed by atoms with van der Waals surface area (Å²) in [7, 11) is 0. The molecule has 14 nitrogen and oxygen atoms in total. The third-order valence-corrected chi connectivity index (χ3v) is 24.2. The maximum Gasteiger partial charge on any atom is 0.416 e. The fraction of sp³-hybridized carbons (Fsp3) is 0.322. The first-order valence-electron chi connectivity index (χ1n) is 48.7. The van der Waals surface area contributed by atoms with Crippen LogP contribution in [-0.2, 0) is 122 Å². The van der Waals surface area contributed by atoms with Gasteiger partial charge in [0, 0.05) is 78.5 Å². The van der Waals surface area contributed by atoms with E-state index in [9.17, 15) is 40.7 Å². The summed E-state index contributed by atoms with van der Waals surface area (Å²) in [6.07, 6.45) is 2.74. The number of hydrogen-bond acceptors (Lipinski definition) is 12. The van der Waals surface area contributed by atoms with E-state index in [2.05, 4.69) is 267 Å². The molecule has 0 saturated heterocycles. The van der Waals surface area contributed by atoms with Crippen LogP contribution in [0.4, 0.5) is 26.3 Å². The van der Waals surface area contributed by atoms with Crippen molar-refractivity contribution in [1.29, 1.82) is 0 Å². The lowest BCUT2D eigenvalue weighted by Gasteiger charge is -2.24. The number of unbranched alkanes of at least 4 members (excludes halogenated alkanes) is 4. The topological polar surface area (TPSA) is 172 Å². The minimum Gasteiger partial charge on any atom is -0.481 e. The van der Waals surface area contributed by atoms with Crippen LogP contribution in [0.5, 0.6) is 5.75 Å². The Labute approximate surface area is 830 Å². The highest BCUT2D eigenvalue weighted by Crippen LogP contribution is 2.34. The summed E-state index contributed by atoms with van der Waals surface area (Å²) in [5.74, 6) is -1.33. The van der Waals surface area contributed by atoms with Crippen molar-refractivity contribution in [3.05, 3.63) is 443 Å². The quantitative estimate of drug-likeness (QED) is 0.0161. The number of carboxylic acids is 2. The molecule has 0 heterocycles. The number of carbonyl (C=O) groups is 3. The summed E-state index contributed by atoms with van der Waals surface area (Å²) >= 11 is 0. The van der Waals surface area contributed by atoms with Gasteiger partial charge in [-0.15, -0.1) is 0 Å². The summed E-state index contributed by atoms with van der Waals surface area (Å²) in [6.45, 7) is 31.0. The van der Waals surface area contributed by atoms with Gasteiger partial charge in [0.1, 0.15) is 5.75 Å². The van der Waals surface area contributed by atoms with Gasteiger partial charge in [0.15, 0.2) is 0 Å². The Kier molecular flexibility index (Phi) is 46.6. The van der Waals surface area contributed by atoms with E-state index in [1.54, 1.807) is 56.3 Å². The molecule has 0 radical (unpaired) electrons. The fourth-order valence-electron chi connectivity index (χ4n) is 16.9. The van der Waals surface area contributed by atoms with Crippen LogP contribution in [0.2, 0.25) is 0 Å². The highest BCUT2D eigenvalue weighted by Gasteiger charge is 2.32. The molecule has 0 saturated carbocycles. The number of aryl methyl sites for hydroxylation is 8. The van der Waals surface area contributed by atoms with Crippen molar-refractivity contribution in [2.24, 2.45) is 0 Å². The van der Waals surface area contributed by atoms with E-state index >= 15 is 0 Å². The van der Waals surface area contributed by atoms with Crippen molar-refractivity contribution in [1.82, 2.24) is 30.2 Å². The SMILES string of the molecule is Cc1cc(CN(CCCNCc2ccc(-c3ccccc3)cc2)Cc2ccc(OC=O)cc2)cc(C(F)(F)F)c1.Cc1cc(CN(CCCNCc2ccc(C(C)(C)C)cc2)Cc2cccc(CC(=O)O)c2)cc(C(F)(F)F)c1.Cc1ccc(CCCCCN(Cc2ccc(C(=O)O)cc2)Cc2cccc(C)c2)cc1.Cc1ccc(CN(CCCCCc2ccccc2)Cc2cccc(C)c2)cc1.O=C=O. The normalized spacial score (nSPS) is 11.3. The first kappa shape index (κ1) is 112. The van der Waals surface area contributed by atoms with E-state index in [0.717, 1.165) is 108 Å². The number of alkyl halides is 6. The second-order valence-corrected chi connectivity index (χ2v) is 37.7. The molecule has 742 valence electrons. The van der Waals surface area contributed by atoms with Gasteiger partial charge >= 0.3 is 30.4 Å². The number of aliphatic carboxylic acids is 1. The Hall–Kier alpha value is -13.0. The Bertz CT molecular complexity index is 5910. The first-order valence-corrected chi connectivity index (χ1v) is 48.7. The van der Waals surface area contributed by atoms with Crippen molar-refractivity contribution in [2.75, 3.05) is 39.3 Å². The van der Waals surface area contributed by atoms with E-state index in [-0.39, 0.29) is 18.0 Å². The van der Waals surface area contributed by atoms with E-state index < -0.39 is 35.4 Å².